The van der Waals surface area contributed by atoms with Crippen molar-refractivity contribution < 1.29 is 15.0 Å². The molecule has 2 aromatic rings. The van der Waals surface area contributed by atoms with Crippen molar-refractivity contribution in [2.75, 3.05) is 31.2 Å². The number of rotatable bonds is 6. The fourth-order valence-electron chi connectivity index (χ4n) is 2.99. The van der Waals surface area contributed by atoms with Crippen LogP contribution in [0.2, 0.25) is 0 Å². The number of anilines is 1. The zero-order valence-electron chi connectivity index (χ0n) is 12.6. The molecule has 0 radical (unpaired) electrons. The Kier molecular flexibility index (Phi) is 4.11. The molecular weight excluding hydrogens is 318 g/mol. The molecule has 3 rings (SSSR count). The van der Waals surface area contributed by atoms with Crippen molar-refractivity contribution in [1.29, 1.82) is 0 Å². The van der Waals surface area contributed by atoms with E-state index in [-0.39, 0.29) is 18.6 Å². The van der Waals surface area contributed by atoms with Gasteiger partial charge in [-0.2, -0.15) is 0 Å². The summed E-state index contributed by atoms with van der Waals surface area (Å²) in [5.41, 5.74) is 2.39. The van der Waals surface area contributed by atoms with Crippen LogP contribution in [-0.2, 0) is 5.41 Å². The Balaban J connectivity index is 2.06. The SMILES string of the molecule is CC1(C)c2cc(C=O)sc2-c2sc(N(CCO)CCO)cc21. The largest absolute Gasteiger partial charge is 0.395 e. The minimum absolute atomic E-state index is 0.0610. The van der Waals surface area contributed by atoms with E-state index in [1.807, 2.05) is 11.0 Å². The summed E-state index contributed by atoms with van der Waals surface area (Å²) in [6, 6.07) is 4.16. The van der Waals surface area contributed by atoms with Crippen molar-refractivity contribution >= 4 is 34.0 Å². The molecule has 0 saturated carbocycles. The summed E-state index contributed by atoms with van der Waals surface area (Å²) in [4.78, 5) is 16.2. The molecule has 0 spiro atoms. The third-order valence-electron chi connectivity index (χ3n) is 4.19. The number of carbonyl (C=O) groups excluding carboxylic acids is 1. The molecule has 6 heteroatoms. The maximum atomic E-state index is 11.1. The van der Waals surface area contributed by atoms with E-state index < -0.39 is 0 Å². The Hall–Kier alpha value is -1.21. The molecule has 22 heavy (non-hydrogen) atoms. The molecule has 1 aliphatic carbocycles. The zero-order chi connectivity index (χ0) is 15.9. The minimum Gasteiger partial charge on any atom is -0.395 e. The number of hydrogen-bond donors (Lipinski definition) is 2. The fraction of sp³-hybridized carbons (Fsp3) is 0.438. The van der Waals surface area contributed by atoms with Crippen LogP contribution in [0.3, 0.4) is 0 Å². The molecule has 0 atom stereocenters. The van der Waals surface area contributed by atoms with Crippen molar-refractivity contribution in [3.8, 4) is 9.75 Å². The van der Waals surface area contributed by atoms with Gasteiger partial charge in [0.2, 0.25) is 0 Å². The summed E-state index contributed by atoms with van der Waals surface area (Å²) in [6.07, 6.45) is 0.914. The van der Waals surface area contributed by atoms with Gasteiger partial charge >= 0.3 is 0 Å². The third kappa shape index (κ3) is 2.31. The number of thiophene rings is 2. The van der Waals surface area contributed by atoms with Crippen LogP contribution in [0.25, 0.3) is 9.75 Å². The first-order valence-corrected chi connectivity index (χ1v) is 8.87. The van der Waals surface area contributed by atoms with Crippen LogP contribution >= 0.6 is 22.7 Å². The molecule has 0 aliphatic heterocycles. The molecule has 0 aromatic carbocycles. The van der Waals surface area contributed by atoms with Crippen LogP contribution in [0.1, 0.15) is 34.6 Å². The van der Waals surface area contributed by atoms with Gasteiger partial charge in [-0.15, -0.1) is 22.7 Å². The zero-order valence-corrected chi connectivity index (χ0v) is 14.3. The summed E-state index contributed by atoms with van der Waals surface area (Å²) in [5, 5.41) is 19.5. The van der Waals surface area contributed by atoms with E-state index in [9.17, 15) is 15.0 Å². The number of hydrogen-bond acceptors (Lipinski definition) is 6. The molecular formula is C16H19NO3S2. The first-order chi connectivity index (χ1) is 10.5. The van der Waals surface area contributed by atoms with E-state index in [0.717, 1.165) is 16.2 Å². The van der Waals surface area contributed by atoms with Gasteiger partial charge in [0.1, 0.15) is 0 Å². The van der Waals surface area contributed by atoms with Crippen LogP contribution < -0.4 is 4.90 Å². The van der Waals surface area contributed by atoms with Crippen molar-refractivity contribution in [2.45, 2.75) is 19.3 Å². The Morgan fingerprint density at radius 1 is 1.09 bits per heavy atom. The Bertz CT molecular complexity index is 696. The highest BCUT2D eigenvalue weighted by molar-refractivity contribution is 7.25. The lowest BCUT2D eigenvalue weighted by molar-refractivity contribution is 0.112. The number of fused-ring (bicyclic) bond motifs is 3. The maximum Gasteiger partial charge on any atom is 0.160 e. The van der Waals surface area contributed by atoms with Crippen LogP contribution in [-0.4, -0.2) is 42.8 Å². The van der Waals surface area contributed by atoms with Crippen LogP contribution in [0.4, 0.5) is 5.00 Å². The standard InChI is InChI=1S/C16H19NO3S2/c1-16(2)11-7-10(9-20)21-14(11)15-12(16)8-13(22-15)17(3-5-18)4-6-19/h7-9,18-19H,3-6H2,1-2H3. The number of carbonyl (C=O) groups is 1. The van der Waals surface area contributed by atoms with E-state index in [1.54, 1.807) is 22.7 Å². The number of nitrogens with zero attached hydrogens (tertiary/aromatic N) is 1. The van der Waals surface area contributed by atoms with Crippen molar-refractivity contribution in [3.63, 3.8) is 0 Å². The summed E-state index contributed by atoms with van der Waals surface area (Å²) in [7, 11) is 0. The van der Waals surface area contributed by atoms with Crippen molar-refractivity contribution in [1.82, 2.24) is 0 Å². The first kappa shape index (κ1) is 15.7. The van der Waals surface area contributed by atoms with Gasteiger partial charge in [0.15, 0.2) is 6.29 Å². The predicted molar refractivity (Wildman–Crippen MR) is 91.5 cm³/mol. The van der Waals surface area contributed by atoms with E-state index in [1.165, 1.54) is 20.9 Å². The van der Waals surface area contributed by atoms with Crippen LogP contribution in [0, 0.1) is 0 Å². The van der Waals surface area contributed by atoms with Gasteiger partial charge in [-0.1, -0.05) is 13.8 Å². The average Bonchev–Trinajstić information content (AvgIpc) is 3.14. The molecule has 2 heterocycles. The molecule has 0 unspecified atom stereocenters. The molecule has 0 saturated heterocycles. The second-order valence-corrected chi connectivity index (χ2v) is 8.01. The lowest BCUT2D eigenvalue weighted by atomic mass is 9.84. The summed E-state index contributed by atoms with van der Waals surface area (Å²) >= 11 is 3.22. The average molecular weight is 337 g/mol. The highest BCUT2D eigenvalue weighted by atomic mass is 32.1. The highest BCUT2D eigenvalue weighted by Crippen LogP contribution is 2.56. The lowest BCUT2D eigenvalue weighted by Crippen LogP contribution is -2.29. The summed E-state index contributed by atoms with van der Waals surface area (Å²) in [5.74, 6) is 0. The minimum atomic E-state index is -0.110. The van der Waals surface area contributed by atoms with Crippen molar-refractivity contribution in [2.24, 2.45) is 0 Å². The normalized spacial score (nSPS) is 14.7. The van der Waals surface area contributed by atoms with Gasteiger partial charge in [-0.05, 0) is 23.3 Å². The Morgan fingerprint density at radius 3 is 2.27 bits per heavy atom. The quantitative estimate of drug-likeness (QED) is 0.796. The molecule has 0 bridgehead atoms. The summed E-state index contributed by atoms with van der Waals surface area (Å²) < 4.78 is 0. The lowest BCUT2D eigenvalue weighted by Gasteiger charge is -2.22. The van der Waals surface area contributed by atoms with Gasteiger partial charge in [0.25, 0.3) is 0 Å². The number of aldehydes is 1. The van der Waals surface area contributed by atoms with Crippen LogP contribution in [0.15, 0.2) is 12.1 Å². The first-order valence-electron chi connectivity index (χ1n) is 7.23. The Labute approximate surface area is 137 Å². The fourth-order valence-corrected chi connectivity index (χ4v) is 5.65. The third-order valence-corrected chi connectivity index (χ3v) is 6.61. The molecule has 0 fully saturated rings. The smallest absolute Gasteiger partial charge is 0.160 e. The second-order valence-electron chi connectivity index (χ2n) is 5.90. The monoisotopic (exact) mass is 337 g/mol. The molecule has 2 aromatic heterocycles. The highest BCUT2D eigenvalue weighted by Gasteiger charge is 2.39. The Morgan fingerprint density at radius 2 is 1.68 bits per heavy atom. The predicted octanol–water partition coefficient (Wildman–Crippen LogP) is 2.72. The van der Waals surface area contributed by atoms with Gasteiger partial charge in [0.05, 0.1) is 28.0 Å². The van der Waals surface area contributed by atoms with Gasteiger partial charge in [-0.25, -0.2) is 0 Å². The van der Waals surface area contributed by atoms with Gasteiger partial charge < -0.3 is 15.1 Å². The maximum absolute atomic E-state index is 11.1. The van der Waals surface area contributed by atoms with E-state index >= 15 is 0 Å². The van der Waals surface area contributed by atoms with Crippen LogP contribution in [0.5, 0.6) is 0 Å². The number of aliphatic hydroxyl groups is 2. The summed E-state index contributed by atoms with van der Waals surface area (Å²) in [6.45, 7) is 5.50. The molecule has 0 amide bonds. The molecule has 4 nitrogen and oxygen atoms in total. The molecule has 2 N–H and O–H groups in total. The molecule has 1 aliphatic rings. The van der Waals surface area contributed by atoms with Gasteiger partial charge in [0, 0.05) is 23.4 Å². The topological polar surface area (TPSA) is 60.8 Å². The van der Waals surface area contributed by atoms with Gasteiger partial charge in [-0.3, -0.25) is 4.79 Å². The van der Waals surface area contributed by atoms with Crippen molar-refractivity contribution in [3.05, 3.63) is 28.1 Å². The van der Waals surface area contributed by atoms with E-state index in [2.05, 4.69) is 19.9 Å². The van der Waals surface area contributed by atoms with E-state index in [0.29, 0.717) is 13.1 Å². The van der Waals surface area contributed by atoms with E-state index in [4.69, 9.17) is 0 Å². The number of aliphatic hydroxyl groups excluding tert-OH is 2. The second kappa shape index (κ2) is 5.77. The molecule has 118 valence electrons.